The summed E-state index contributed by atoms with van der Waals surface area (Å²) < 4.78 is 0. The van der Waals surface area contributed by atoms with Crippen LogP contribution in [0, 0.1) is 13.8 Å². The number of nitrogens with one attached hydrogen (secondary N) is 1. The van der Waals surface area contributed by atoms with Gasteiger partial charge in [0.25, 0.3) is 0 Å². The predicted molar refractivity (Wildman–Crippen MR) is 67.4 cm³/mol. The molecule has 0 unspecified atom stereocenters. The third kappa shape index (κ3) is 2.94. The quantitative estimate of drug-likeness (QED) is 0.665. The second kappa shape index (κ2) is 5.14. The van der Waals surface area contributed by atoms with Crippen LogP contribution in [-0.4, -0.2) is 26.5 Å². The molecule has 0 aliphatic carbocycles. The molecule has 2 heterocycles. The number of hydrogen-bond donors (Lipinski definition) is 1. The SMILES string of the molecule is Cc1cc(C(=O)CSc2cnccn2)c(C)[nH]1. The Hall–Kier alpha value is -1.62. The van der Waals surface area contributed by atoms with Gasteiger partial charge in [-0.1, -0.05) is 11.8 Å². The van der Waals surface area contributed by atoms with Gasteiger partial charge in [0.2, 0.25) is 0 Å². The maximum absolute atomic E-state index is 12.0. The summed E-state index contributed by atoms with van der Waals surface area (Å²) >= 11 is 1.40. The summed E-state index contributed by atoms with van der Waals surface area (Å²) in [5.41, 5.74) is 2.70. The molecule has 4 nitrogen and oxygen atoms in total. The molecule has 0 amide bonds. The largest absolute Gasteiger partial charge is 0.362 e. The van der Waals surface area contributed by atoms with E-state index >= 15 is 0 Å². The van der Waals surface area contributed by atoms with Crippen molar-refractivity contribution >= 4 is 17.5 Å². The van der Waals surface area contributed by atoms with Crippen LogP contribution in [0.4, 0.5) is 0 Å². The zero-order chi connectivity index (χ0) is 12.3. The van der Waals surface area contributed by atoms with E-state index in [9.17, 15) is 4.79 Å². The Morgan fingerprint density at radius 2 is 2.24 bits per heavy atom. The first-order valence-electron chi connectivity index (χ1n) is 5.25. The molecule has 0 aromatic carbocycles. The highest BCUT2D eigenvalue weighted by atomic mass is 32.2. The van der Waals surface area contributed by atoms with Gasteiger partial charge in [0.15, 0.2) is 5.78 Å². The van der Waals surface area contributed by atoms with Crippen molar-refractivity contribution in [3.8, 4) is 0 Å². The second-order valence-corrected chi connectivity index (χ2v) is 4.74. The third-order valence-corrected chi connectivity index (χ3v) is 3.25. The van der Waals surface area contributed by atoms with Crippen molar-refractivity contribution in [2.24, 2.45) is 0 Å². The fraction of sp³-hybridized carbons (Fsp3) is 0.250. The maximum atomic E-state index is 12.0. The fourth-order valence-electron chi connectivity index (χ4n) is 1.59. The van der Waals surface area contributed by atoms with Crippen molar-refractivity contribution in [2.75, 3.05) is 5.75 Å². The van der Waals surface area contributed by atoms with Crippen molar-refractivity contribution in [1.29, 1.82) is 0 Å². The van der Waals surface area contributed by atoms with Crippen molar-refractivity contribution in [2.45, 2.75) is 18.9 Å². The number of aromatic nitrogens is 3. The lowest BCUT2D eigenvalue weighted by Gasteiger charge is -1.99. The summed E-state index contributed by atoms with van der Waals surface area (Å²) in [6.07, 6.45) is 4.90. The fourth-order valence-corrected chi connectivity index (χ4v) is 2.30. The highest BCUT2D eigenvalue weighted by Crippen LogP contribution is 2.17. The Labute approximate surface area is 104 Å². The summed E-state index contributed by atoms with van der Waals surface area (Å²) in [6, 6.07) is 1.88. The lowest BCUT2D eigenvalue weighted by atomic mass is 10.2. The van der Waals surface area contributed by atoms with Crippen LogP contribution in [0.3, 0.4) is 0 Å². The maximum Gasteiger partial charge on any atom is 0.174 e. The minimum absolute atomic E-state index is 0.113. The summed E-state index contributed by atoms with van der Waals surface area (Å²) in [6.45, 7) is 3.85. The van der Waals surface area contributed by atoms with Crippen molar-refractivity contribution < 1.29 is 4.79 Å². The van der Waals surface area contributed by atoms with Crippen LogP contribution in [0.2, 0.25) is 0 Å². The molecule has 88 valence electrons. The van der Waals surface area contributed by atoms with Crippen molar-refractivity contribution in [3.63, 3.8) is 0 Å². The predicted octanol–water partition coefficient (Wildman–Crippen LogP) is 2.40. The highest BCUT2D eigenvalue weighted by molar-refractivity contribution is 7.99. The first-order valence-corrected chi connectivity index (χ1v) is 6.23. The van der Waals surface area contributed by atoms with Crippen LogP contribution in [-0.2, 0) is 0 Å². The zero-order valence-electron chi connectivity index (χ0n) is 9.73. The van der Waals surface area contributed by atoms with Gasteiger partial charge in [0, 0.05) is 29.3 Å². The monoisotopic (exact) mass is 247 g/mol. The van der Waals surface area contributed by atoms with E-state index in [0.717, 1.165) is 22.0 Å². The standard InChI is InChI=1S/C12H13N3OS/c1-8-5-10(9(2)15-8)11(16)7-17-12-6-13-3-4-14-12/h3-6,15H,7H2,1-2H3. The number of aryl methyl sites for hydroxylation is 2. The average molecular weight is 247 g/mol. The smallest absolute Gasteiger partial charge is 0.174 e. The summed E-state index contributed by atoms with van der Waals surface area (Å²) in [7, 11) is 0. The molecule has 17 heavy (non-hydrogen) atoms. The van der Waals surface area contributed by atoms with Gasteiger partial charge in [-0.2, -0.15) is 0 Å². The van der Waals surface area contributed by atoms with E-state index in [2.05, 4.69) is 15.0 Å². The topological polar surface area (TPSA) is 58.6 Å². The van der Waals surface area contributed by atoms with E-state index in [1.54, 1.807) is 18.6 Å². The van der Waals surface area contributed by atoms with Crippen LogP contribution in [0.25, 0.3) is 0 Å². The highest BCUT2D eigenvalue weighted by Gasteiger charge is 2.12. The molecule has 0 saturated heterocycles. The van der Waals surface area contributed by atoms with Crippen LogP contribution >= 0.6 is 11.8 Å². The third-order valence-electron chi connectivity index (χ3n) is 2.34. The Bertz CT molecular complexity index is 522. The Morgan fingerprint density at radius 3 is 2.82 bits per heavy atom. The van der Waals surface area contributed by atoms with E-state index in [1.807, 2.05) is 19.9 Å². The van der Waals surface area contributed by atoms with Crippen LogP contribution in [0.5, 0.6) is 0 Å². The number of nitrogens with zero attached hydrogens (tertiary/aromatic N) is 2. The molecule has 2 rings (SSSR count). The number of H-pyrrole nitrogens is 1. The molecule has 0 radical (unpaired) electrons. The van der Waals surface area contributed by atoms with Crippen molar-refractivity contribution in [3.05, 3.63) is 41.6 Å². The molecule has 0 fully saturated rings. The summed E-state index contributed by atoms with van der Waals surface area (Å²) in [5, 5.41) is 0.769. The lowest BCUT2D eigenvalue weighted by Crippen LogP contribution is -2.03. The number of ketones is 1. The van der Waals surface area contributed by atoms with E-state index in [4.69, 9.17) is 0 Å². The number of aromatic amines is 1. The van der Waals surface area contributed by atoms with Gasteiger partial charge in [-0.15, -0.1) is 0 Å². The molecule has 5 heteroatoms. The molecular weight excluding hydrogens is 234 g/mol. The second-order valence-electron chi connectivity index (χ2n) is 3.75. The van der Waals surface area contributed by atoms with E-state index in [-0.39, 0.29) is 5.78 Å². The van der Waals surface area contributed by atoms with Gasteiger partial charge in [-0.25, -0.2) is 4.98 Å². The average Bonchev–Trinajstić information content (AvgIpc) is 2.67. The molecule has 0 bridgehead atoms. The van der Waals surface area contributed by atoms with Crippen LogP contribution in [0.15, 0.2) is 29.7 Å². The number of Topliss-reactive ketones (excluding diaryl/α,β-unsaturated/α-hetero) is 1. The van der Waals surface area contributed by atoms with Crippen LogP contribution < -0.4 is 0 Å². The number of carbonyl (C=O) groups is 1. The Balaban J connectivity index is 2.01. The minimum Gasteiger partial charge on any atom is -0.362 e. The van der Waals surface area contributed by atoms with E-state index in [0.29, 0.717) is 5.75 Å². The Morgan fingerprint density at radius 1 is 1.41 bits per heavy atom. The van der Waals surface area contributed by atoms with Gasteiger partial charge >= 0.3 is 0 Å². The first kappa shape index (κ1) is 11.9. The van der Waals surface area contributed by atoms with Gasteiger partial charge in [-0.05, 0) is 19.9 Å². The molecule has 2 aromatic heterocycles. The van der Waals surface area contributed by atoms with Gasteiger partial charge in [0.05, 0.1) is 11.9 Å². The molecule has 2 aromatic rings. The molecule has 0 aliphatic heterocycles. The van der Waals surface area contributed by atoms with E-state index in [1.165, 1.54) is 11.8 Å². The summed E-state index contributed by atoms with van der Waals surface area (Å²) in [5.74, 6) is 0.499. The Kier molecular flexibility index (Phi) is 3.58. The lowest BCUT2D eigenvalue weighted by molar-refractivity contribution is 0.102. The van der Waals surface area contributed by atoms with Gasteiger partial charge in [-0.3, -0.25) is 9.78 Å². The minimum atomic E-state index is 0.113. The zero-order valence-corrected chi connectivity index (χ0v) is 10.5. The molecule has 0 saturated carbocycles. The van der Waals surface area contributed by atoms with Gasteiger partial charge < -0.3 is 4.98 Å². The normalized spacial score (nSPS) is 10.5. The first-order chi connectivity index (χ1) is 8.16. The van der Waals surface area contributed by atoms with E-state index < -0.39 is 0 Å². The molecule has 1 N–H and O–H groups in total. The molecule has 0 spiro atoms. The van der Waals surface area contributed by atoms with Crippen molar-refractivity contribution in [1.82, 2.24) is 15.0 Å². The number of rotatable bonds is 4. The number of carbonyl (C=O) groups excluding carboxylic acids is 1. The molecule has 0 aliphatic rings. The van der Waals surface area contributed by atoms with Gasteiger partial charge in [0.1, 0.15) is 5.03 Å². The molecule has 0 atom stereocenters. The van der Waals surface area contributed by atoms with Crippen LogP contribution in [0.1, 0.15) is 21.7 Å². The molecular formula is C12H13N3OS. The summed E-state index contributed by atoms with van der Waals surface area (Å²) in [4.78, 5) is 23.2. The number of thioether (sulfide) groups is 1. The number of hydrogen-bond acceptors (Lipinski definition) is 4.